The Morgan fingerprint density at radius 3 is 2.12 bits per heavy atom. The van der Waals surface area contributed by atoms with Gasteiger partial charge in [-0.25, -0.2) is 0 Å². The largest absolute Gasteiger partial charge is 0.508 e. The molecule has 0 aromatic heterocycles. The molecule has 1 N–H and O–H groups in total. The minimum atomic E-state index is 0.381. The van der Waals surface area contributed by atoms with Gasteiger partial charge in [-0.2, -0.15) is 0 Å². The summed E-state index contributed by atoms with van der Waals surface area (Å²) < 4.78 is 0. The van der Waals surface area contributed by atoms with Crippen molar-refractivity contribution in [3.8, 4) is 5.75 Å². The third kappa shape index (κ3) is 2.68. The Kier molecular flexibility index (Phi) is 3.48. The molecule has 0 atom stereocenters. The molecule has 0 heterocycles. The molecule has 1 nitrogen and oxygen atoms in total. The van der Waals surface area contributed by atoms with E-state index in [4.69, 9.17) is 0 Å². The molecule has 2 aromatic carbocycles. The summed E-state index contributed by atoms with van der Waals surface area (Å²) in [5, 5.41) is 9.80. The summed E-state index contributed by atoms with van der Waals surface area (Å²) in [6.07, 6.45) is 0.793. The van der Waals surface area contributed by atoms with E-state index in [0.29, 0.717) is 11.7 Å². The van der Waals surface area contributed by atoms with E-state index < -0.39 is 0 Å². The standard InChI is InChI=1S/C16H18O/c1-12(2)15-9-5-3-7-13(15)11-14-8-4-6-10-16(14)17/h3-10,12,17H,11H2,1-2H3. The number of hydrogen-bond donors (Lipinski definition) is 1. The summed E-state index contributed by atoms with van der Waals surface area (Å²) in [7, 11) is 0. The summed E-state index contributed by atoms with van der Waals surface area (Å²) in [5.74, 6) is 0.892. The zero-order chi connectivity index (χ0) is 12.3. The van der Waals surface area contributed by atoms with Gasteiger partial charge in [0.1, 0.15) is 5.75 Å². The van der Waals surface area contributed by atoms with Gasteiger partial charge in [0.05, 0.1) is 0 Å². The summed E-state index contributed by atoms with van der Waals surface area (Å²) in [6.45, 7) is 4.40. The van der Waals surface area contributed by atoms with E-state index in [-0.39, 0.29) is 0 Å². The Morgan fingerprint density at radius 2 is 1.47 bits per heavy atom. The van der Waals surface area contributed by atoms with Crippen LogP contribution in [0.1, 0.15) is 36.5 Å². The highest BCUT2D eigenvalue weighted by molar-refractivity contribution is 5.39. The predicted octanol–water partition coefficient (Wildman–Crippen LogP) is 4.11. The van der Waals surface area contributed by atoms with Crippen LogP contribution < -0.4 is 0 Å². The molecular weight excluding hydrogens is 208 g/mol. The Bertz CT molecular complexity index is 500. The minimum Gasteiger partial charge on any atom is -0.508 e. The van der Waals surface area contributed by atoms with Crippen molar-refractivity contribution < 1.29 is 5.11 Å². The first-order chi connectivity index (χ1) is 8.18. The maximum Gasteiger partial charge on any atom is 0.119 e. The first-order valence-corrected chi connectivity index (χ1v) is 6.03. The average molecular weight is 226 g/mol. The fraction of sp³-hybridized carbons (Fsp3) is 0.250. The maximum atomic E-state index is 9.80. The number of phenolic OH excluding ortho intramolecular Hbond substituents is 1. The molecule has 0 aliphatic rings. The lowest BCUT2D eigenvalue weighted by Gasteiger charge is -2.13. The lowest BCUT2D eigenvalue weighted by Crippen LogP contribution is -1.97. The van der Waals surface area contributed by atoms with Crippen LogP contribution in [-0.2, 0) is 6.42 Å². The second-order valence-electron chi connectivity index (χ2n) is 4.66. The Morgan fingerprint density at radius 1 is 0.882 bits per heavy atom. The quantitative estimate of drug-likeness (QED) is 0.835. The van der Waals surface area contributed by atoms with Crippen LogP contribution in [0.5, 0.6) is 5.75 Å². The highest BCUT2D eigenvalue weighted by Crippen LogP contribution is 2.25. The van der Waals surface area contributed by atoms with Gasteiger partial charge in [0.2, 0.25) is 0 Å². The van der Waals surface area contributed by atoms with Crippen LogP contribution in [-0.4, -0.2) is 5.11 Å². The molecule has 0 fully saturated rings. The van der Waals surface area contributed by atoms with Crippen molar-refractivity contribution in [1.82, 2.24) is 0 Å². The van der Waals surface area contributed by atoms with Crippen molar-refractivity contribution in [3.63, 3.8) is 0 Å². The number of hydrogen-bond acceptors (Lipinski definition) is 1. The minimum absolute atomic E-state index is 0.381. The van der Waals surface area contributed by atoms with Crippen LogP contribution in [0.4, 0.5) is 0 Å². The summed E-state index contributed by atoms with van der Waals surface area (Å²) >= 11 is 0. The van der Waals surface area contributed by atoms with E-state index in [0.717, 1.165) is 12.0 Å². The fourth-order valence-corrected chi connectivity index (χ4v) is 2.12. The third-order valence-corrected chi connectivity index (χ3v) is 3.05. The Labute approximate surface area is 103 Å². The van der Waals surface area contributed by atoms with Gasteiger partial charge in [-0.05, 0) is 28.7 Å². The van der Waals surface area contributed by atoms with Gasteiger partial charge < -0.3 is 5.11 Å². The molecule has 88 valence electrons. The van der Waals surface area contributed by atoms with E-state index in [1.165, 1.54) is 11.1 Å². The van der Waals surface area contributed by atoms with Gasteiger partial charge in [-0.15, -0.1) is 0 Å². The predicted molar refractivity (Wildman–Crippen MR) is 71.4 cm³/mol. The second kappa shape index (κ2) is 5.05. The molecule has 0 amide bonds. The summed E-state index contributed by atoms with van der Waals surface area (Å²) in [5.41, 5.74) is 3.64. The molecule has 0 radical (unpaired) electrons. The molecule has 17 heavy (non-hydrogen) atoms. The normalized spacial score (nSPS) is 10.8. The van der Waals surface area contributed by atoms with Crippen LogP contribution in [0.3, 0.4) is 0 Å². The smallest absolute Gasteiger partial charge is 0.119 e. The number of rotatable bonds is 3. The zero-order valence-electron chi connectivity index (χ0n) is 10.4. The molecular formula is C16H18O. The van der Waals surface area contributed by atoms with Crippen molar-refractivity contribution in [1.29, 1.82) is 0 Å². The van der Waals surface area contributed by atoms with Crippen molar-refractivity contribution in [2.75, 3.05) is 0 Å². The van der Waals surface area contributed by atoms with Gasteiger partial charge in [0, 0.05) is 6.42 Å². The van der Waals surface area contributed by atoms with E-state index in [9.17, 15) is 5.11 Å². The van der Waals surface area contributed by atoms with Crippen LogP contribution in [0.2, 0.25) is 0 Å². The van der Waals surface area contributed by atoms with E-state index in [1.54, 1.807) is 6.07 Å². The number of phenols is 1. The van der Waals surface area contributed by atoms with Crippen molar-refractivity contribution in [2.24, 2.45) is 0 Å². The number of para-hydroxylation sites is 1. The second-order valence-corrected chi connectivity index (χ2v) is 4.66. The number of aromatic hydroxyl groups is 1. The van der Waals surface area contributed by atoms with Crippen molar-refractivity contribution in [2.45, 2.75) is 26.2 Å². The van der Waals surface area contributed by atoms with Gasteiger partial charge in [0.15, 0.2) is 0 Å². The van der Waals surface area contributed by atoms with Crippen molar-refractivity contribution in [3.05, 3.63) is 65.2 Å². The monoisotopic (exact) mass is 226 g/mol. The molecule has 1 heteroatoms. The van der Waals surface area contributed by atoms with Crippen LogP contribution in [0, 0.1) is 0 Å². The molecule has 0 aliphatic carbocycles. The molecule has 0 bridgehead atoms. The van der Waals surface area contributed by atoms with E-state index in [1.807, 2.05) is 18.2 Å². The van der Waals surface area contributed by atoms with Crippen LogP contribution >= 0.6 is 0 Å². The SMILES string of the molecule is CC(C)c1ccccc1Cc1ccccc1O. The molecule has 2 aromatic rings. The summed E-state index contributed by atoms with van der Waals surface area (Å²) in [6, 6.07) is 16.0. The lowest BCUT2D eigenvalue weighted by atomic mass is 9.93. The highest BCUT2D eigenvalue weighted by atomic mass is 16.3. The highest BCUT2D eigenvalue weighted by Gasteiger charge is 2.08. The van der Waals surface area contributed by atoms with Crippen LogP contribution in [0.25, 0.3) is 0 Å². The molecule has 0 unspecified atom stereocenters. The molecule has 0 spiro atoms. The first-order valence-electron chi connectivity index (χ1n) is 6.03. The van der Waals surface area contributed by atoms with Gasteiger partial charge >= 0.3 is 0 Å². The molecule has 0 saturated carbocycles. The van der Waals surface area contributed by atoms with Gasteiger partial charge in [-0.1, -0.05) is 56.3 Å². The van der Waals surface area contributed by atoms with Crippen LogP contribution in [0.15, 0.2) is 48.5 Å². The maximum absolute atomic E-state index is 9.80. The van der Waals surface area contributed by atoms with E-state index in [2.05, 4.69) is 38.1 Å². The third-order valence-electron chi connectivity index (χ3n) is 3.05. The van der Waals surface area contributed by atoms with Gasteiger partial charge in [0.25, 0.3) is 0 Å². The molecule has 0 saturated heterocycles. The summed E-state index contributed by atoms with van der Waals surface area (Å²) in [4.78, 5) is 0. The fourth-order valence-electron chi connectivity index (χ4n) is 2.12. The van der Waals surface area contributed by atoms with Gasteiger partial charge in [-0.3, -0.25) is 0 Å². The van der Waals surface area contributed by atoms with Crippen molar-refractivity contribution >= 4 is 0 Å². The number of benzene rings is 2. The Hall–Kier alpha value is -1.76. The molecule has 0 aliphatic heterocycles. The molecule has 2 rings (SSSR count). The Balaban J connectivity index is 2.34. The zero-order valence-corrected chi connectivity index (χ0v) is 10.4. The lowest BCUT2D eigenvalue weighted by molar-refractivity contribution is 0.469. The first kappa shape index (κ1) is 11.7. The topological polar surface area (TPSA) is 20.2 Å². The average Bonchev–Trinajstić information content (AvgIpc) is 2.32. The van der Waals surface area contributed by atoms with E-state index >= 15 is 0 Å².